The molecular weight excluding hydrogens is 947 g/mol. The number of hydrogen-bond acceptors (Lipinski definition) is 4. The molecule has 4 atom stereocenters. The molecule has 0 bridgehead atoms. The van der Waals surface area contributed by atoms with E-state index in [1.54, 1.807) is 0 Å². The van der Waals surface area contributed by atoms with Crippen molar-refractivity contribution < 1.29 is 27.4 Å². The van der Waals surface area contributed by atoms with Crippen LogP contribution in [0.15, 0.2) is 76.8 Å². The van der Waals surface area contributed by atoms with Gasteiger partial charge in [0.25, 0.3) is 0 Å². The number of fused-ring (bicyclic) bond motifs is 8. The smallest absolute Gasteiger partial charge is 0.224 e. The topological polar surface area (TPSA) is 172 Å². The summed E-state index contributed by atoms with van der Waals surface area (Å²) in [4.78, 5) is 46.8. The van der Waals surface area contributed by atoms with Crippen molar-refractivity contribution in [3.8, 4) is 0 Å². The molecule has 8 N–H and O–H groups in total. The van der Waals surface area contributed by atoms with Gasteiger partial charge in [0.2, 0.25) is 23.6 Å². The second-order valence-corrected chi connectivity index (χ2v) is 21.3. The lowest BCUT2D eigenvalue weighted by molar-refractivity contribution is -0.121. The third-order valence-corrected chi connectivity index (χ3v) is 16.5. The summed E-state index contributed by atoms with van der Waals surface area (Å²) in [5.41, 5.74) is 41.9. The molecule has 8 nitrogen and oxygen atoms in total. The number of carbonyl (C=O) groups excluding carboxylic acids is 4. The Hall–Kier alpha value is -5.41. The van der Waals surface area contributed by atoms with E-state index in [4.69, 9.17) is 66.0 Å². The second kappa shape index (κ2) is 20.6. The van der Waals surface area contributed by atoms with E-state index in [-0.39, 0.29) is 0 Å². The second-order valence-electron chi connectivity index (χ2n) is 20.0. The number of primary amides is 4. The van der Waals surface area contributed by atoms with E-state index in [1.807, 2.05) is 64.1 Å². The van der Waals surface area contributed by atoms with E-state index >= 15 is 0 Å². The molecular formula is C60H65Cl3N4O4. The van der Waals surface area contributed by atoms with E-state index in [9.17, 15) is 19.2 Å². The largest absolute Gasteiger partial charge is 0.369 e. The average Bonchev–Trinajstić information content (AvgIpc) is 4.23. The van der Waals surface area contributed by atoms with Crippen LogP contribution in [-0.2, 0) is 44.9 Å². The van der Waals surface area contributed by atoms with Gasteiger partial charge >= 0.3 is 0 Å². The zero-order valence-corrected chi connectivity index (χ0v) is 43.2. The van der Waals surface area contributed by atoms with Crippen LogP contribution < -0.4 is 22.9 Å². The maximum atomic E-state index is 11.7. The van der Waals surface area contributed by atoms with Crippen molar-refractivity contribution in [2.75, 3.05) is 0 Å². The van der Waals surface area contributed by atoms with Crippen molar-refractivity contribution in [2.45, 2.75) is 130 Å². The predicted octanol–water partition coefficient (Wildman–Crippen LogP) is 12.3. The maximum absolute atomic E-state index is 11.7. The minimum atomic E-state index is -1.32. The van der Waals surface area contributed by atoms with Crippen LogP contribution in [0.1, 0.15) is 152 Å². The summed E-state index contributed by atoms with van der Waals surface area (Å²) < 4.78 is 50.1. The summed E-state index contributed by atoms with van der Waals surface area (Å²) in [6.07, 6.45) is 11.2. The number of allylic oxidation sites excluding steroid dienone is 4. The predicted molar refractivity (Wildman–Crippen MR) is 288 cm³/mol. The molecule has 0 radical (unpaired) electrons. The molecule has 11 heteroatoms. The van der Waals surface area contributed by atoms with Gasteiger partial charge in [-0.2, -0.15) is 0 Å². The van der Waals surface area contributed by atoms with Gasteiger partial charge in [-0.15, -0.1) is 0 Å². The highest BCUT2D eigenvalue weighted by atomic mass is 35.5. The SMILES string of the molecule is [2H]C1(C(N)=O)CCCC2=C1Cc1c(C)cc(Cl)cc12.[2H]C1(C(N)=O)CCCC2=C1Cc1cc(C)c(Cl)cc12.[2H]c1c(C)c(Cl)cc2c1CC1=C2CCCC1([2H])C(N)=O.[2H]c1c(C)ccc2c1C1=C(C2)C([2H])(C(N)=O)CCC1. The summed E-state index contributed by atoms with van der Waals surface area (Å²) >= 11 is 18.5. The Kier molecular flexibility index (Phi) is 12.5. The molecule has 4 amide bonds. The Labute approximate surface area is 441 Å². The summed E-state index contributed by atoms with van der Waals surface area (Å²) in [5, 5.41) is 2.03. The molecule has 8 aliphatic carbocycles. The van der Waals surface area contributed by atoms with Crippen molar-refractivity contribution >= 4 is 80.7 Å². The van der Waals surface area contributed by atoms with Crippen LogP contribution in [0, 0.1) is 51.3 Å². The summed E-state index contributed by atoms with van der Waals surface area (Å²) in [7, 11) is 0. The maximum Gasteiger partial charge on any atom is 0.224 e. The molecule has 0 saturated heterocycles. The molecule has 0 spiro atoms. The van der Waals surface area contributed by atoms with Gasteiger partial charge in [0, 0.05) is 20.6 Å². The fourth-order valence-corrected chi connectivity index (χ4v) is 12.7. The summed E-state index contributed by atoms with van der Waals surface area (Å²) in [6.45, 7) is 7.75. The number of halogens is 3. The molecule has 12 rings (SSSR count). The van der Waals surface area contributed by atoms with Crippen LogP contribution >= 0.6 is 34.8 Å². The van der Waals surface area contributed by atoms with Crippen LogP contribution in [0.25, 0.3) is 22.3 Å². The highest BCUT2D eigenvalue weighted by molar-refractivity contribution is 6.32. The van der Waals surface area contributed by atoms with Gasteiger partial charge in [-0.25, -0.2) is 0 Å². The highest BCUT2D eigenvalue weighted by Crippen LogP contribution is 2.49. The van der Waals surface area contributed by atoms with Gasteiger partial charge in [0.15, 0.2) is 0 Å². The first-order valence-electron chi connectivity index (χ1n) is 27.7. The number of benzene rings is 4. The van der Waals surface area contributed by atoms with E-state index < -0.39 is 47.2 Å². The summed E-state index contributed by atoms with van der Waals surface area (Å²) in [5.74, 6) is -7.26. The number of hydrogen-bond donors (Lipinski definition) is 4. The number of nitrogens with two attached hydrogens (primary N) is 4. The molecule has 370 valence electrons. The van der Waals surface area contributed by atoms with Gasteiger partial charge in [0.1, 0.15) is 0 Å². The Bertz CT molecular complexity index is 3420. The van der Waals surface area contributed by atoms with Crippen molar-refractivity contribution in [2.24, 2.45) is 46.5 Å². The first-order valence-corrected chi connectivity index (χ1v) is 25.9. The van der Waals surface area contributed by atoms with Crippen LogP contribution in [-0.4, -0.2) is 23.6 Å². The molecule has 8 aliphatic rings. The molecule has 4 unspecified atom stereocenters. The monoisotopic (exact) mass is 1020 g/mol. The van der Waals surface area contributed by atoms with Gasteiger partial charge in [-0.1, -0.05) is 70.7 Å². The lowest BCUT2D eigenvalue weighted by Crippen LogP contribution is -2.27. The van der Waals surface area contributed by atoms with E-state index in [1.165, 1.54) is 11.1 Å². The molecule has 0 fully saturated rings. The Morgan fingerprint density at radius 1 is 0.479 bits per heavy atom. The third kappa shape index (κ3) is 9.93. The van der Waals surface area contributed by atoms with Crippen molar-refractivity contribution in [1.29, 1.82) is 0 Å². The Morgan fingerprint density at radius 2 is 0.901 bits per heavy atom. The Balaban J connectivity index is 0.000000125. The lowest BCUT2D eigenvalue weighted by atomic mass is 9.82. The van der Waals surface area contributed by atoms with Gasteiger partial charge in [0.05, 0.1) is 26.3 Å². The molecule has 0 aliphatic heterocycles. The molecule has 0 aromatic heterocycles. The quantitative estimate of drug-likeness (QED) is 0.159. The molecule has 0 heterocycles. The third-order valence-electron chi connectivity index (χ3n) is 15.5. The van der Waals surface area contributed by atoms with Gasteiger partial charge in [-0.3, -0.25) is 19.2 Å². The Morgan fingerprint density at radius 3 is 1.41 bits per heavy atom. The number of aryl methyl sites for hydroxylation is 3. The lowest BCUT2D eigenvalue weighted by Gasteiger charge is -2.22. The van der Waals surface area contributed by atoms with Crippen LogP contribution in [0.4, 0.5) is 0 Å². The van der Waals surface area contributed by atoms with Gasteiger partial charge in [-0.05, 0) is 260 Å². The average molecular weight is 1020 g/mol. The number of carbonyl (C=O) groups is 4. The molecule has 4 aromatic rings. The van der Waals surface area contributed by atoms with Gasteiger partial charge < -0.3 is 22.9 Å². The standard InChI is InChI=1S/3C15H16ClNO.C15H17NO/c2*1-8-5-9-6-13-10(12(9)7-14(8)16)3-2-4-11(13)15(17)18;1-8-5-9(16)6-13-10-3-2-4-11(15(17)18)14(10)7-12(8)13;1-9-5-6-10-8-14-11(13(10)7-9)3-2-4-12(14)15(16)17/h2*5,7,11H,2-4,6H2,1H3,(H2,17,18);5-6,11H,2-4,7H2,1H3,(H2,17,18);5-7,12H,2-4,8H2,1H3,(H2,16,17)/i5D,11D;2*11D;7D,12D. The summed E-state index contributed by atoms with van der Waals surface area (Å²) in [6, 6.07) is 14.7. The first kappa shape index (κ1) is 43.2. The zero-order chi connectivity index (χ0) is 56.0. The minimum absolute atomic E-state index is 0.425. The van der Waals surface area contributed by atoms with Crippen LogP contribution in [0.2, 0.25) is 15.1 Å². The molecule has 71 heavy (non-hydrogen) atoms. The minimum Gasteiger partial charge on any atom is -0.369 e. The fraction of sp³-hybridized carbons (Fsp3) is 0.400. The normalized spacial score (nSPS) is 27.3. The molecule has 0 saturated carbocycles. The highest BCUT2D eigenvalue weighted by Gasteiger charge is 2.37. The fourth-order valence-electron chi connectivity index (χ4n) is 12.1. The van der Waals surface area contributed by atoms with Crippen LogP contribution in [0.5, 0.6) is 0 Å². The first-order chi connectivity index (χ1) is 36.2. The van der Waals surface area contributed by atoms with E-state index in [0.717, 1.165) is 157 Å². The van der Waals surface area contributed by atoms with Crippen molar-refractivity contribution in [3.63, 3.8) is 0 Å². The van der Waals surface area contributed by atoms with Crippen molar-refractivity contribution in [1.82, 2.24) is 0 Å². The number of amides is 4. The van der Waals surface area contributed by atoms with E-state index in [0.29, 0.717) is 73.5 Å². The van der Waals surface area contributed by atoms with Crippen LogP contribution in [0.3, 0.4) is 0 Å². The molecule has 4 aromatic carbocycles. The zero-order valence-electron chi connectivity index (χ0n) is 46.9. The number of rotatable bonds is 4. The van der Waals surface area contributed by atoms with E-state index in [2.05, 4.69) is 6.07 Å². The van der Waals surface area contributed by atoms with Crippen molar-refractivity contribution in [3.05, 3.63) is 159 Å².